The van der Waals surface area contributed by atoms with E-state index >= 15 is 0 Å². The first-order valence-electron chi connectivity index (χ1n) is 17.3. The zero-order chi connectivity index (χ0) is 30.0. The van der Waals surface area contributed by atoms with Crippen LogP contribution in [0.25, 0.3) is 0 Å². The molecule has 42 heavy (non-hydrogen) atoms. The van der Waals surface area contributed by atoms with Gasteiger partial charge in [-0.3, -0.25) is 0 Å². The Morgan fingerprint density at radius 2 is 1.67 bits per heavy atom. The summed E-state index contributed by atoms with van der Waals surface area (Å²) in [5, 5.41) is 23.4. The molecule has 0 spiro atoms. The third-order valence-corrected chi connectivity index (χ3v) is 15.7. The van der Waals surface area contributed by atoms with Crippen molar-refractivity contribution in [1.82, 2.24) is 4.72 Å². The molecule has 0 aromatic heterocycles. The van der Waals surface area contributed by atoms with E-state index in [1.165, 1.54) is 32.1 Å². The highest BCUT2D eigenvalue weighted by molar-refractivity contribution is 7.89. The minimum atomic E-state index is -3.46. The smallest absolute Gasteiger partial charge is 0.240 e. The fourth-order valence-electron chi connectivity index (χ4n) is 12.0. The quantitative estimate of drug-likeness (QED) is 0.270. The van der Waals surface area contributed by atoms with Crippen molar-refractivity contribution in [3.8, 4) is 0 Å². The van der Waals surface area contributed by atoms with Gasteiger partial charge in [0.1, 0.15) is 0 Å². The van der Waals surface area contributed by atoms with Crippen LogP contribution in [-0.4, -0.2) is 37.4 Å². The molecule has 5 saturated carbocycles. The van der Waals surface area contributed by atoms with E-state index in [1.54, 1.807) is 24.3 Å². The second-order valence-corrected chi connectivity index (χ2v) is 17.8. The Bertz CT molecular complexity index is 1210. The third-order valence-electron chi connectivity index (χ3n) is 14.2. The number of fused-ring (bicyclic) bond motifs is 5. The highest BCUT2D eigenvalue weighted by Crippen LogP contribution is 2.71. The molecule has 3 N–H and O–H groups in total. The second-order valence-electron chi connectivity index (χ2n) is 16.1. The van der Waals surface area contributed by atoms with Gasteiger partial charge in [0.15, 0.2) is 0 Å². The number of aliphatic hydroxyl groups is 2. The van der Waals surface area contributed by atoms with Gasteiger partial charge in [-0.1, -0.05) is 59.2 Å². The number of sulfonamides is 1. The molecule has 236 valence electrons. The van der Waals surface area contributed by atoms with Crippen molar-refractivity contribution in [2.75, 3.05) is 6.54 Å². The summed E-state index contributed by atoms with van der Waals surface area (Å²) < 4.78 is 28.1. The Morgan fingerprint density at radius 3 is 2.33 bits per heavy atom. The molecule has 5 aliphatic rings. The lowest BCUT2D eigenvalue weighted by Gasteiger charge is -2.65. The van der Waals surface area contributed by atoms with Crippen LogP contribution in [0.4, 0.5) is 0 Å². The van der Waals surface area contributed by atoms with Crippen molar-refractivity contribution in [1.29, 1.82) is 0 Å². The van der Waals surface area contributed by atoms with Gasteiger partial charge in [-0.25, -0.2) is 13.1 Å². The van der Waals surface area contributed by atoms with Crippen LogP contribution in [0.2, 0.25) is 0 Å². The molecule has 5 aliphatic carbocycles. The number of hydrogen-bond acceptors (Lipinski definition) is 4. The van der Waals surface area contributed by atoms with Crippen LogP contribution in [-0.2, 0) is 10.0 Å². The lowest BCUT2D eigenvalue weighted by atomic mass is 9.40. The van der Waals surface area contributed by atoms with Crippen molar-refractivity contribution < 1.29 is 18.6 Å². The van der Waals surface area contributed by atoms with Crippen LogP contribution in [0.1, 0.15) is 98.8 Å². The van der Waals surface area contributed by atoms with E-state index in [2.05, 4.69) is 39.3 Å². The molecule has 0 heterocycles. The monoisotopic (exact) mass is 599 g/mol. The Kier molecular flexibility index (Phi) is 8.46. The van der Waals surface area contributed by atoms with E-state index in [9.17, 15) is 18.6 Å². The van der Waals surface area contributed by atoms with Gasteiger partial charge in [0.2, 0.25) is 10.0 Å². The maximum atomic E-state index is 12.7. The minimum absolute atomic E-state index is 0.196. The summed E-state index contributed by atoms with van der Waals surface area (Å²) in [7, 11) is -3.46. The molecular weight excluding hydrogens is 542 g/mol. The maximum Gasteiger partial charge on any atom is 0.240 e. The van der Waals surface area contributed by atoms with Crippen molar-refractivity contribution in [3.05, 3.63) is 30.3 Å². The van der Waals surface area contributed by atoms with Crippen molar-refractivity contribution in [3.63, 3.8) is 0 Å². The molecule has 7 unspecified atom stereocenters. The van der Waals surface area contributed by atoms with Gasteiger partial charge in [-0.2, -0.15) is 0 Å². The van der Waals surface area contributed by atoms with Crippen molar-refractivity contribution in [2.45, 2.75) is 116 Å². The van der Waals surface area contributed by atoms with Gasteiger partial charge in [0.25, 0.3) is 0 Å². The summed E-state index contributed by atoms with van der Waals surface area (Å²) in [6, 6.07) is 8.65. The summed E-state index contributed by atoms with van der Waals surface area (Å²) in [6.45, 7) is 12.6. The number of nitrogens with one attached hydrogen (secondary N) is 1. The highest BCUT2D eigenvalue weighted by Gasteiger charge is 2.66. The molecule has 0 radical (unpaired) electrons. The Morgan fingerprint density at radius 1 is 0.976 bits per heavy atom. The molecule has 1 aromatic rings. The molecule has 0 aliphatic heterocycles. The Labute approximate surface area is 255 Å². The third kappa shape index (κ3) is 5.12. The van der Waals surface area contributed by atoms with Crippen LogP contribution in [0.3, 0.4) is 0 Å². The van der Waals surface area contributed by atoms with E-state index in [0.717, 1.165) is 38.0 Å². The molecule has 5 nitrogen and oxygen atoms in total. The summed E-state index contributed by atoms with van der Waals surface area (Å²) in [5.41, 5.74) is 0.461. The average Bonchev–Trinajstić information content (AvgIpc) is 3.58. The molecule has 14 atom stereocenters. The topological polar surface area (TPSA) is 86.6 Å². The van der Waals surface area contributed by atoms with E-state index in [0.29, 0.717) is 64.7 Å². The molecule has 0 amide bonds. The maximum absolute atomic E-state index is 12.7. The van der Waals surface area contributed by atoms with Crippen LogP contribution >= 0.6 is 0 Å². The van der Waals surface area contributed by atoms with Crippen molar-refractivity contribution in [2.24, 2.45) is 70.0 Å². The lowest BCUT2D eigenvalue weighted by Crippen LogP contribution is -2.63. The number of rotatable bonds is 9. The van der Waals surface area contributed by atoms with Gasteiger partial charge in [-0.05, 0) is 140 Å². The van der Waals surface area contributed by atoms with Gasteiger partial charge >= 0.3 is 0 Å². The summed E-state index contributed by atoms with van der Waals surface area (Å²) >= 11 is 0. The summed E-state index contributed by atoms with van der Waals surface area (Å²) in [5.74, 6) is 5.28. The van der Waals surface area contributed by atoms with E-state index in [1.807, 2.05) is 6.07 Å². The Balaban J connectivity index is 1.14. The molecule has 5 fully saturated rings. The fraction of sp³-hybridized carbons (Fsp3) is 0.833. The first kappa shape index (κ1) is 31.0. The van der Waals surface area contributed by atoms with Crippen LogP contribution in [0.15, 0.2) is 35.2 Å². The molecule has 0 bridgehead atoms. The standard InChI is InChI=1S/C36H57NO4S/c1-6-25-31-20-32(38)27(26-19-23(26)3)21-36(31,5)30-16-17-35(4)28(14-15-29(35)33(30)34(25)39)22(2)11-10-18-37-42(40,41)24-12-8-7-9-13-24/h7-9,12-13,22-23,25-34,37-39H,6,10-11,14-21H2,1-5H3/t22-,23?,25-,26+,27?,28?,29+,30+,31?,32+,33?,34-,35?,36?/m1/s1. The largest absolute Gasteiger partial charge is 0.393 e. The molecule has 0 saturated heterocycles. The fourth-order valence-corrected chi connectivity index (χ4v) is 13.0. The predicted molar refractivity (Wildman–Crippen MR) is 168 cm³/mol. The normalized spacial score (nSPS) is 47.3. The predicted octanol–water partition coefficient (Wildman–Crippen LogP) is 6.89. The van der Waals surface area contributed by atoms with Gasteiger partial charge in [-0.15, -0.1) is 0 Å². The average molecular weight is 600 g/mol. The minimum Gasteiger partial charge on any atom is -0.393 e. The molecular formula is C36H57NO4S. The molecule has 6 rings (SSSR count). The number of benzene rings is 1. The number of aliphatic hydroxyl groups excluding tert-OH is 2. The van der Waals surface area contributed by atoms with E-state index in [-0.39, 0.29) is 23.0 Å². The summed E-state index contributed by atoms with van der Waals surface area (Å²) in [4.78, 5) is 0.332. The number of hydrogen-bond donors (Lipinski definition) is 3. The van der Waals surface area contributed by atoms with Crippen LogP contribution in [0, 0.1) is 70.0 Å². The van der Waals surface area contributed by atoms with Gasteiger partial charge in [0.05, 0.1) is 17.1 Å². The van der Waals surface area contributed by atoms with E-state index < -0.39 is 10.0 Å². The Hall–Kier alpha value is -0.950. The summed E-state index contributed by atoms with van der Waals surface area (Å²) in [6.07, 6.45) is 10.6. The lowest BCUT2D eigenvalue weighted by molar-refractivity contribution is -0.214. The molecule has 6 heteroatoms. The SMILES string of the molecule is CC[C@@H]1C2C[C@H](O)C([C@H]3CC3C)CC2(C)[C@H]2CCC3(C)C([C@H](C)CCCNS(=O)(=O)c4ccccc4)CC[C@H]3C2[C@@H]1O. The zero-order valence-corrected chi connectivity index (χ0v) is 27.5. The second kappa shape index (κ2) is 11.4. The van der Waals surface area contributed by atoms with Crippen LogP contribution in [0.5, 0.6) is 0 Å². The van der Waals surface area contributed by atoms with Gasteiger partial charge in [0, 0.05) is 6.54 Å². The molecule has 1 aromatic carbocycles. The first-order valence-corrected chi connectivity index (χ1v) is 18.8. The van der Waals surface area contributed by atoms with Crippen LogP contribution < -0.4 is 4.72 Å². The van der Waals surface area contributed by atoms with Gasteiger partial charge < -0.3 is 10.2 Å². The first-order chi connectivity index (χ1) is 19.9. The van der Waals surface area contributed by atoms with E-state index in [4.69, 9.17) is 0 Å². The van der Waals surface area contributed by atoms with Crippen molar-refractivity contribution >= 4 is 10.0 Å². The zero-order valence-electron chi connectivity index (χ0n) is 26.7. The highest BCUT2D eigenvalue weighted by atomic mass is 32.2.